The minimum absolute atomic E-state index is 0.119. The first-order valence-corrected chi connectivity index (χ1v) is 6.49. The molecule has 0 unspecified atom stereocenters. The van der Waals surface area contributed by atoms with Crippen molar-refractivity contribution in [2.24, 2.45) is 0 Å². The number of aryl methyl sites for hydroxylation is 3. The monoisotopic (exact) mass is 287 g/mol. The highest BCUT2D eigenvalue weighted by Gasteiger charge is 2.36. The summed E-state index contributed by atoms with van der Waals surface area (Å²) in [6, 6.07) is 6.54. The third kappa shape index (κ3) is 3.47. The van der Waals surface area contributed by atoms with E-state index >= 15 is 0 Å². The topological polar surface area (TPSA) is 33.1 Å². The maximum atomic E-state index is 12.8. The maximum absolute atomic E-state index is 12.8. The van der Waals surface area contributed by atoms with E-state index in [1.54, 1.807) is 25.1 Å². The van der Waals surface area contributed by atoms with Crippen molar-refractivity contribution in [3.8, 4) is 5.75 Å². The molecule has 19 heavy (non-hydrogen) atoms. The molecule has 1 N–H and O–H groups in total. The van der Waals surface area contributed by atoms with Gasteiger partial charge in [-0.1, -0.05) is 12.1 Å². The molecule has 0 fully saturated rings. The normalized spacial score (nSPS) is 11.8. The molecule has 0 atom stereocenters. The smallest absolute Gasteiger partial charge is 0.434 e. The van der Waals surface area contributed by atoms with Crippen LogP contribution in [0, 0.1) is 6.92 Å². The summed E-state index contributed by atoms with van der Waals surface area (Å²) in [5.74, 6) is 0.119. The van der Waals surface area contributed by atoms with Crippen LogP contribution in [0.25, 0.3) is 0 Å². The predicted molar refractivity (Wildman–Crippen MR) is 67.4 cm³/mol. The van der Waals surface area contributed by atoms with Crippen LogP contribution in [-0.4, -0.2) is 10.1 Å². The first-order chi connectivity index (χ1) is 8.86. The standard InChI is InChI=1S/C13H12F3NOS/c1-8-17-12(13(14,15)16)11(19-8)6-5-9-3-2-4-10(18)7-9/h2-4,7,18H,5-6H2,1H3. The second kappa shape index (κ2) is 5.21. The van der Waals surface area contributed by atoms with E-state index in [0.717, 1.165) is 16.9 Å². The molecule has 0 radical (unpaired) electrons. The van der Waals surface area contributed by atoms with Crippen molar-refractivity contribution < 1.29 is 18.3 Å². The van der Waals surface area contributed by atoms with Crippen molar-refractivity contribution in [1.29, 1.82) is 0 Å². The zero-order valence-corrected chi connectivity index (χ0v) is 11.0. The minimum Gasteiger partial charge on any atom is -0.508 e. The Morgan fingerprint density at radius 3 is 2.63 bits per heavy atom. The van der Waals surface area contributed by atoms with Crippen LogP contribution in [0.4, 0.5) is 13.2 Å². The Bertz CT molecular complexity index is 578. The van der Waals surface area contributed by atoms with Crippen molar-refractivity contribution in [3.63, 3.8) is 0 Å². The van der Waals surface area contributed by atoms with Gasteiger partial charge in [0.25, 0.3) is 0 Å². The lowest BCUT2D eigenvalue weighted by Crippen LogP contribution is -2.09. The van der Waals surface area contributed by atoms with E-state index in [2.05, 4.69) is 4.98 Å². The van der Waals surface area contributed by atoms with Crippen LogP contribution in [0.5, 0.6) is 5.75 Å². The van der Waals surface area contributed by atoms with Gasteiger partial charge in [-0.3, -0.25) is 0 Å². The number of rotatable bonds is 3. The molecule has 1 aromatic carbocycles. The fourth-order valence-electron chi connectivity index (χ4n) is 1.83. The lowest BCUT2D eigenvalue weighted by Gasteiger charge is -2.06. The average Bonchev–Trinajstić information content (AvgIpc) is 2.68. The van der Waals surface area contributed by atoms with E-state index in [1.165, 1.54) is 6.07 Å². The van der Waals surface area contributed by atoms with Gasteiger partial charge in [0, 0.05) is 4.88 Å². The third-order valence-electron chi connectivity index (χ3n) is 2.62. The number of aromatic hydroxyl groups is 1. The first-order valence-electron chi connectivity index (χ1n) is 5.67. The van der Waals surface area contributed by atoms with Crippen LogP contribution >= 0.6 is 11.3 Å². The highest BCUT2D eigenvalue weighted by atomic mass is 32.1. The first kappa shape index (κ1) is 13.9. The van der Waals surface area contributed by atoms with Gasteiger partial charge >= 0.3 is 6.18 Å². The Labute approximate surface area is 112 Å². The van der Waals surface area contributed by atoms with Gasteiger partial charge in [-0.25, -0.2) is 4.98 Å². The molecule has 0 spiro atoms. The molecule has 0 saturated heterocycles. The van der Waals surface area contributed by atoms with Gasteiger partial charge in [-0.15, -0.1) is 11.3 Å². The highest BCUT2D eigenvalue weighted by Crippen LogP contribution is 2.34. The van der Waals surface area contributed by atoms with E-state index in [-0.39, 0.29) is 17.0 Å². The van der Waals surface area contributed by atoms with Crippen molar-refractivity contribution in [3.05, 3.63) is 45.4 Å². The van der Waals surface area contributed by atoms with Gasteiger partial charge < -0.3 is 5.11 Å². The van der Waals surface area contributed by atoms with Crippen LogP contribution in [0.15, 0.2) is 24.3 Å². The van der Waals surface area contributed by atoms with Crippen LogP contribution in [0.2, 0.25) is 0 Å². The molecular formula is C13H12F3NOS. The summed E-state index contributed by atoms with van der Waals surface area (Å²) in [4.78, 5) is 3.80. The van der Waals surface area contributed by atoms with Crippen LogP contribution in [0.3, 0.4) is 0 Å². The predicted octanol–water partition coefficient (Wildman–Crippen LogP) is 3.96. The molecule has 0 aliphatic heterocycles. The van der Waals surface area contributed by atoms with E-state index in [9.17, 15) is 18.3 Å². The molecular weight excluding hydrogens is 275 g/mol. The molecule has 102 valence electrons. The summed E-state index contributed by atoms with van der Waals surface area (Å²) in [7, 11) is 0. The summed E-state index contributed by atoms with van der Waals surface area (Å²) in [5.41, 5.74) is 0.0225. The van der Waals surface area contributed by atoms with E-state index in [0.29, 0.717) is 11.4 Å². The summed E-state index contributed by atoms with van der Waals surface area (Å²) >= 11 is 1.07. The molecule has 1 aromatic heterocycles. The molecule has 0 saturated carbocycles. The van der Waals surface area contributed by atoms with E-state index in [1.807, 2.05) is 0 Å². The Balaban J connectivity index is 2.16. The van der Waals surface area contributed by atoms with E-state index in [4.69, 9.17) is 0 Å². The fourth-order valence-corrected chi connectivity index (χ4v) is 2.79. The Hall–Kier alpha value is -1.56. The zero-order valence-electron chi connectivity index (χ0n) is 10.2. The molecule has 6 heteroatoms. The second-order valence-corrected chi connectivity index (χ2v) is 5.46. The number of hydrogen-bond acceptors (Lipinski definition) is 3. The number of nitrogens with zero attached hydrogens (tertiary/aromatic N) is 1. The SMILES string of the molecule is Cc1nc(C(F)(F)F)c(CCc2cccc(O)c2)s1. The lowest BCUT2D eigenvalue weighted by atomic mass is 10.1. The average molecular weight is 287 g/mol. The van der Waals surface area contributed by atoms with Gasteiger partial charge in [-0.05, 0) is 37.5 Å². The van der Waals surface area contributed by atoms with Crippen molar-refractivity contribution >= 4 is 11.3 Å². The van der Waals surface area contributed by atoms with Crippen molar-refractivity contribution in [1.82, 2.24) is 4.98 Å². The number of alkyl halides is 3. The second-order valence-electron chi connectivity index (χ2n) is 4.17. The summed E-state index contributed by atoms with van der Waals surface area (Å²) < 4.78 is 38.3. The number of phenols is 1. The van der Waals surface area contributed by atoms with E-state index < -0.39 is 11.9 Å². The lowest BCUT2D eigenvalue weighted by molar-refractivity contribution is -0.141. The summed E-state index contributed by atoms with van der Waals surface area (Å²) in [6.45, 7) is 1.57. The number of phenolic OH excluding ortho intramolecular Hbond substituents is 1. The summed E-state index contributed by atoms with van der Waals surface area (Å²) in [6.07, 6.45) is -3.69. The highest BCUT2D eigenvalue weighted by molar-refractivity contribution is 7.11. The van der Waals surface area contributed by atoms with Crippen LogP contribution < -0.4 is 0 Å². The van der Waals surface area contributed by atoms with Crippen molar-refractivity contribution in [2.75, 3.05) is 0 Å². The minimum atomic E-state index is -4.40. The number of hydrogen-bond donors (Lipinski definition) is 1. The van der Waals surface area contributed by atoms with Gasteiger partial charge in [-0.2, -0.15) is 13.2 Å². The summed E-state index contributed by atoms with van der Waals surface area (Å²) in [5, 5.41) is 9.72. The number of benzene rings is 1. The molecule has 2 aromatic rings. The van der Waals surface area contributed by atoms with Gasteiger partial charge in [0.15, 0.2) is 5.69 Å². The molecule has 1 heterocycles. The Morgan fingerprint density at radius 2 is 2.00 bits per heavy atom. The number of halogens is 3. The molecule has 2 rings (SSSR count). The largest absolute Gasteiger partial charge is 0.508 e. The van der Waals surface area contributed by atoms with Crippen LogP contribution in [-0.2, 0) is 19.0 Å². The molecule has 0 aliphatic carbocycles. The van der Waals surface area contributed by atoms with Gasteiger partial charge in [0.05, 0.1) is 5.01 Å². The number of thiazole rings is 1. The van der Waals surface area contributed by atoms with Gasteiger partial charge in [0.1, 0.15) is 5.75 Å². The number of aromatic nitrogens is 1. The molecule has 0 aliphatic rings. The molecule has 2 nitrogen and oxygen atoms in total. The Kier molecular flexibility index (Phi) is 3.80. The quantitative estimate of drug-likeness (QED) is 0.927. The molecule has 0 bridgehead atoms. The maximum Gasteiger partial charge on any atom is 0.434 e. The zero-order chi connectivity index (χ0) is 14.0. The fraction of sp³-hybridized carbons (Fsp3) is 0.308. The molecule has 0 amide bonds. The van der Waals surface area contributed by atoms with Crippen LogP contribution in [0.1, 0.15) is 21.1 Å². The Morgan fingerprint density at radius 1 is 1.26 bits per heavy atom. The van der Waals surface area contributed by atoms with Gasteiger partial charge in [0.2, 0.25) is 0 Å². The van der Waals surface area contributed by atoms with Crippen molar-refractivity contribution in [2.45, 2.75) is 25.9 Å². The third-order valence-corrected chi connectivity index (χ3v) is 3.65.